The third-order valence-electron chi connectivity index (χ3n) is 4.54. The highest BCUT2D eigenvalue weighted by Gasteiger charge is 2.30. The molecule has 1 unspecified atom stereocenters. The molecule has 0 aromatic heterocycles. The highest BCUT2D eigenvalue weighted by molar-refractivity contribution is 5.81. The van der Waals surface area contributed by atoms with Gasteiger partial charge < -0.3 is 14.8 Å². The zero-order valence-corrected chi connectivity index (χ0v) is 14.5. The van der Waals surface area contributed by atoms with Gasteiger partial charge in [-0.2, -0.15) is 0 Å². The van der Waals surface area contributed by atoms with E-state index in [2.05, 4.69) is 5.32 Å². The first-order valence-corrected chi connectivity index (χ1v) is 8.77. The number of nitrogens with one attached hydrogen (secondary N) is 1. The average molecular weight is 333 g/mol. The summed E-state index contributed by atoms with van der Waals surface area (Å²) in [6.07, 6.45) is 4.19. The van der Waals surface area contributed by atoms with Gasteiger partial charge in [0.15, 0.2) is 0 Å². The van der Waals surface area contributed by atoms with Crippen molar-refractivity contribution in [2.24, 2.45) is 5.92 Å². The van der Waals surface area contributed by atoms with Gasteiger partial charge >= 0.3 is 12.1 Å². The average Bonchev–Trinajstić information content (AvgIpc) is 3.11. The number of benzene rings is 1. The van der Waals surface area contributed by atoms with Gasteiger partial charge in [-0.05, 0) is 37.2 Å². The Labute approximate surface area is 143 Å². The van der Waals surface area contributed by atoms with Crippen LogP contribution in [-0.4, -0.2) is 24.2 Å². The summed E-state index contributed by atoms with van der Waals surface area (Å²) >= 11 is 0. The van der Waals surface area contributed by atoms with Crippen LogP contribution in [0.3, 0.4) is 0 Å². The van der Waals surface area contributed by atoms with Crippen molar-refractivity contribution < 1.29 is 19.1 Å². The highest BCUT2D eigenvalue weighted by Crippen LogP contribution is 2.22. The maximum absolute atomic E-state index is 12.4. The molecule has 1 aliphatic rings. The van der Waals surface area contributed by atoms with Crippen LogP contribution in [0.2, 0.25) is 0 Å². The van der Waals surface area contributed by atoms with Crippen LogP contribution in [0.4, 0.5) is 4.79 Å². The molecular formula is C19H27NO4. The van der Waals surface area contributed by atoms with Gasteiger partial charge in [0.25, 0.3) is 0 Å². The minimum Gasteiger partial charge on any atom is -0.461 e. The quantitative estimate of drug-likeness (QED) is 0.771. The van der Waals surface area contributed by atoms with Crippen molar-refractivity contribution in [2.45, 2.75) is 64.7 Å². The number of rotatable bonds is 7. The van der Waals surface area contributed by atoms with E-state index < -0.39 is 12.1 Å². The summed E-state index contributed by atoms with van der Waals surface area (Å²) in [5, 5.41) is 2.68. The Morgan fingerprint density at radius 3 is 2.50 bits per heavy atom. The first kappa shape index (κ1) is 18.3. The molecule has 24 heavy (non-hydrogen) atoms. The van der Waals surface area contributed by atoms with Gasteiger partial charge in [-0.15, -0.1) is 0 Å². The lowest BCUT2D eigenvalue weighted by molar-refractivity contribution is -0.152. The number of carbonyl (C=O) groups is 2. The van der Waals surface area contributed by atoms with E-state index in [-0.39, 0.29) is 24.6 Å². The van der Waals surface area contributed by atoms with Gasteiger partial charge in [0.05, 0.1) is 0 Å². The third-order valence-corrected chi connectivity index (χ3v) is 4.54. The van der Waals surface area contributed by atoms with Gasteiger partial charge in [-0.25, -0.2) is 9.59 Å². The number of esters is 1. The van der Waals surface area contributed by atoms with E-state index in [1.54, 1.807) is 0 Å². The van der Waals surface area contributed by atoms with E-state index in [4.69, 9.17) is 9.47 Å². The highest BCUT2D eigenvalue weighted by atomic mass is 16.6. The molecule has 132 valence electrons. The lowest BCUT2D eigenvalue weighted by Gasteiger charge is -2.24. The number of hydrogen-bond acceptors (Lipinski definition) is 4. The second kappa shape index (κ2) is 9.30. The van der Waals surface area contributed by atoms with Crippen LogP contribution in [0.15, 0.2) is 30.3 Å². The third kappa shape index (κ3) is 5.55. The van der Waals surface area contributed by atoms with Gasteiger partial charge in [-0.3, -0.25) is 0 Å². The monoisotopic (exact) mass is 333 g/mol. The molecule has 0 aliphatic heterocycles. The predicted octanol–water partition coefficient (Wildman–Crippen LogP) is 3.81. The first-order chi connectivity index (χ1) is 11.6. The van der Waals surface area contributed by atoms with Crippen LogP contribution in [0, 0.1) is 5.92 Å². The molecule has 0 radical (unpaired) electrons. The van der Waals surface area contributed by atoms with Crippen molar-refractivity contribution in [3.8, 4) is 0 Å². The molecule has 1 aliphatic carbocycles. The Bertz CT molecular complexity index is 525. The second-order valence-electron chi connectivity index (χ2n) is 6.41. The predicted molar refractivity (Wildman–Crippen MR) is 91.4 cm³/mol. The van der Waals surface area contributed by atoms with Crippen LogP contribution in [0.25, 0.3) is 0 Å². The lowest BCUT2D eigenvalue weighted by atomic mass is 9.99. The molecular weight excluding hydrogens is 306 g/mol. The lowest BCUT2D eigenvalue weighted by Crippen LogP contribution is -2.46. The molecule has 0 spiro atoms. The number of carbonyl (C=O) groups excluding carboxylic acids is 2. The molecule has 2 atom stereocenters. The summed E-state index contributed by atoms with van der Waals surface area (Å²) in [7, 11) is 0. The fraction of sp³-hybridized carbons (Fsp3) is 0.579. The van der Waals surface area contributed by atoms with E-state index in [9.17, 15) is 9.59 Å². The second-order valence-corrected chi connectivity index (χ2v) is 6.41. The number of ether oxygens (including phenoxy) is 2. The molecule has 0 heterocycles. The maximum atomic E-state index is 12.4. The first-order valence-electron chi connectivity index (χ1n) is 8.77. The minimum atomic E-state index is -0.668. The molecule has 1 N–H and O–H groups in total. The summed E-state index contributed by atoms with van der Waals surface area (Å²) < 4.78 is 10.8. The standard InChI is InChI=1S/C19H27NO4/c1-3-14(2)17(18(21)24-16-11-7-8-12-16)20-19(22)23-13-15-9-5-4-6-10-15/h4-6,9-10,14,16-17H,3,7-8,11-13H2,1-2H3,(H,20,22)/t14?,17-/m0/s1. The van der Waals surface area contributed by atoms with Gasteiger partial charge in [-0.1, -0.05) is 50.6 Å². The van der Waals surface area contributed by atoms with E-state index in [0.29, 0.717) is 0 Å². The maximum Gasteiger partial charge on any atom is 0.408 e. The minimum absolute atomic E-state index is 0.00815. The largest absolute Gasteiger partial charge is 0.461 e. The van der Waals surface area contributed by atoms with E-state index >= 15 is 0 Å². The van der Waals surface area contributed by atoms with Crippen molar-refractivity contribution in [3.63, 3.8) is 0 Å². The van der Waals surface area contributed by atoms with Crippen LogP contribution in [-0.2, 0) is 20.9 Å². The molecule has 2 rings (SSSR count). The molecule has 5 heteroatoms. The topological polar surface area (TPSA) is 64.6 Å². The fourth-order valence-electron chi connectivity index (χ4n) is 2.80. The van der Waals surface area contributed by atoms with Crippen LogP contribution in [0.5, 0.6) is 0 Å². The van der Waals surface area contributed by atoms with E-state index in [1.165, 1.54) is 0 Å². The summed E-state index contributed by atoms with van der Waals surface area (Å²) in [5.41, 5.74) is 0.904. The molecule has 1 fully saturated rings. The van der Waals surface area contributed by atoms with Crippen molar-refractivity contribution in [1.29, 1.82) is 0 Å². The fourth-order valence-corrected chi connectivity index (χ4v) is 2.80. The Morgan fingerprint density at radius 2 is 1.88 bits per heavy atom. The zero-order valence-electron chi connectivity index (χ0n) is 14.5. The molecule has 1 aromatic carbocycles. The summed E-state index contributed by atoms with van der Waals surface area (Å²) in [5.74, 6) is -0.365. The number of alkyl carbamates (subject to hydrolysis) is 1. The van der Waals surface area contributed by atoms with Crippen molar-refractivity contribution in [1.82, 2.24) is 5.32 Å². The molecule has 1 saturated carbocycles. The smallest absolute Gasteiger partial charge is 0.408 e. The molecule has 1 aromatic rings. The van der Waals surface area contributed by atoms with Crippen LogP contribution >= 0.6 is 0 Å². The molecule has 1 amide bonds. The summed E-state index contributed by atoms with van der Waals surface area (Å²) in [4.78, 5) is 24.5. The Morgan fingerprint density at radius 1 is 1.21 bits per heavy atom. The van der Waals surface area contributed by atoms with Crippen LogP contribution < -0.4 is 5.32 Å². The van der Waals surface area contributed by atoms with Crippen LogP contribution in [0.1, 0.15) is 51.5 Å². The number of amides is 1. The zero-order chi connectivity index (χ0) is 17.4. The summed E-state index contributed by atoms with van der Waals surface area (Å²) in [6, 6.07) is 8.77. The molecule has 0 saturated heterocycles. The summed E-state index contributed by atoms with van der Waals surface area (Å²) in [6.45, 7) is 4.09. The van der Waals surface area contributed by atoms with Gasteiger partial charge in [0, 0.05) is 0 Å². The van der Waals surface area contributed by atoms with Crippen molar-refractivity contribution in [3.05, 3.63) is 35.9 Å². The Kier molecular flexibility index (Phi) is 7.09. The Hall–Kier alpha value is -2.04. The normalized spacial score (nSPS) is 17.1. The van der Waals surface area contributed by atoms with Gasteiger partial charge in [0.1, 0.15) is 18.8 Å². The SMILES string of the molecule is CCC(C)[C@H](NC(=O)OCc1ccccc1)C(=O)OC1CCCC1. The van der Waals surface area contributed by atoms with Crippen molar-refractivity contribution >= 4 is 12.1 Å². The number of hydrogen-bond donors (Lipinski definition) is 1. The van der Waals surface area contributed by atoms with E-state index in [1.807, 2.05) is 44.2 Å². The van der Waals surface area contributed by atoms with E-state index in [0.717, 1.165) is 37.7 Å². The van der Waals surface area contributed by atoms with Gasteiger partial charge in [0.2, 0.25) is 0 Å². The Balaban J connectivity index is 1.87. The molecule has 0 bridgehead atoms. The van der Waals surface area contributed by atoms with Crippen molar-refractivity contribution in [2.75, 3.05) is 0 Å². The molecule has 5 nitrogen and oxygen atoms in total.